The van der Waals surface area contributed by atoms with Crippen LogP contribution in [0.5, 0.6) is 0 Å². The van der Waals surface area contributed by atoms with Crippen molar-refractivity contribution in [3.05, 3.63) is 12.2 Å². The summed E-state index contributed by atoms with van der Waals surface area (Å²) < 4.78 is 0. The fourth-order valence-corrected chi connectivity index (χ4v) is 0.722. The highest BCUT2D eigenvalue weighted by Gasteiger charge is 2.04. The van der Waals surface area contributed by atoms with Crippen molar-refractivity contribution in [1.82, 2.24) is 10.9 Å². The molecule has 90 valence electrons. The standard InChI is InChI=1S/C9H14N2O5/c1-6(12)2-3-7(13)10-11-8(14)4-5-9(15)16/h4-6,12H,2-3H2,1H3,(H,10,13)(H,11,14)(H,15,16). The Balaban J connectivity index is 3.75. The summed E-state index contributed by atoms with van der Waals surface area (Å²) in [6.45, 7) is 1.54. The minimum absolute atomic E-state index is 0.0700. The van der Waals surface area contributed by atoms with Crippen molar-refractivity contribution in [2.75, 3.05) is 0 Å². The van der Waals surface area contributed by atoms with E-state index in [0.717, 1.165) is 6.08 Å². The number of carbonyl (C=O) groups is 3. The lowest BCUT2D eigenvalue weighted by Gasteiger charge is -2.06. The van der Waals surface area contributed by atoms with Gasteiger partial charge in [-0.1, -0.05) is 0 Å². The molecule has 0 radical (unpaired) electrons. The van der Waals surface area contributed by atoms with Gasteiger partial charge >= 0.3 is 5.97 Å². The molecule has 4 N–H and O–H groups in total. The minimum Gasteiger partial charge on any atom is -0.478 e. The van der Waals surface area contributed by atoms with Crippen LogP contribution in [0.3, 0.4) is 0 Å². The summed E-state index contributed by atoms with van der Waals surface area (Å²) in [7, 11) is 0. The van der Waals surface area contributed by atoms with Crippen molar-refractivity contribution in [3.8, 4) is 0 Å². The molecule has 0 rings (SSSR count). The van der Waals surface area contributed by atoms with Gasteiger partial charge in [0.15, 0.2) is 0 Å². The van der Waals surface area contributed by atoms with E-state index < -0.39 is 23.9 Å². The topological polar surface area (TPSA) is 116 Å². The van der Waals surface area contributed by atoms with E-state index in [0.29, 0.717) is 6.08 Å². The number of hydrazine groups is 1. The molecule has 0 aliphatic rings. The van der Waals surface area contributed by atoms with Crippen LogP contribution in [-0.4, -0.2) is 34.1 Å². The first-order chi connectivity index (χ1) is 7.41. The second kappa shape index (κ2) is 7.41. The van der Waals surface area contributed by atoms with Crippen LogP contribution in [0.1, 0.15) is 19.8 Å². The summed E-state index contributed by atoms with van der Waals surface area (Å²) in [5, 5.41) is 17.1. The zero-order valence-corrected chi connectivity index (χ0v) is 8.77. The summed E-state index contributed by atoms with van der Waals surface area (Å²) in [5.41, 5.74) is 4.06. The number of carboxylic acids is 1. The zero-order chi connectivity index (χ0) is 12.6. The van der Waals surface area contributed by atoms with Crippen molar-refractivity contribution in [2.24, 2.45) is 0 Å². The van der Waals surface area contributed by atoms with Gasteiger partial charge in [-0.05, 0) is 13.3 Å². The van der Waals surface area contributed by atoms with Gasteiger partial charge in [-0.3, -0.25) is 20.4 Å². The minimum atomic E-state index is -1.25. The number of aliphatic hydroxyl groups is 1. The Morgan fingerprint density at radius 2 is 1.88 bits per heavy atom. The van der Waals surface area contributed by atoms with Crippen LogP contribution in [0.2, 0.25) is 0 Å². The molecule has 0 saturated heterocycles. The van der Waals surface area contributed by atoms with Gasteiger partial charge in [0.05, 0.1) is 6.10 Å². The Kier molecular flexibility index (Phi) is 6.53. The van der Waals surface area contributed by atoms with Crippen LogP contribution in [0, 0.1) is 0 Å². The fourth-order valence-electron chi connectivity index (χ4n) is 0.722. The molecule has 0 aromatic rings. The van der Waals surface area contributed by atoms with Crippen molar-refractivity contribution < 1.29 is 24.6 Å². The van der Waals surface area contributed by atoms with E-state index in [9.17, 15) is 14.4 Å². The van der Waals surface area contributed by atoms with Crippen LogP contribution >= 0.6 is 0 Å². The van der Waals surface area contributed by atoms with Crippen LogP contribution in [0.15, 0.2) is 12.2 Å². The van der Waals surface area contributed by atoms with Gasteiger partial charge in [-0.25, -0.2) is 4.79 Å². The Bertz CT molecular complexity index is 298. The van der Waals surface area contributed by atoms with Gasteiger partial charge in [-0.15, -0.1) is 0 Å². The smallest absolute Gasteiger partial charge is 0.328 e. The van der Waals surface area contributed by atoms with Crippen LogP contribution < -0.4 is 10.9 Å². The number of hydrogen-bond acceptors (Lipinski definition) is 4. The number of carbonyl (C=O) groups excluding carboxylic acids is 2. The van der Waals surface area contributed by atoms with Crippen LogP contribution in [0.25, 0.3) is 0 Å². The Morgan fingerprint density at radius 3 is 2.38 bits per heavy atom. The van der Waals surface area contributed by atoms with E-state index in [1.54, 1.807) is 6.92 Å². The van der Waals surface area contributed by atoms with E-state index in [-0.39, 0.29) is 12.8 Å². The summed E-state index contributed by atoms with van der Waals surface area (Å²) in [4.78, 5) is 31.9. The number of nitrogens with one attached hydrogen (secondary N) is 2. The SMILES string of the molecule is CC(O)CCC(=O)NNC(=O)C=CC(=O)O. The molecule has 0 bridgehead atoms. The second-order valence-corrected chi connectivity index (χ2v) is 3.10. The predicted octanol–water partition coefficient (Wildman–Crippen LogP) is -1.06. The molecule has 0 heterocycles. The summed E-state index contributed by atoms with van der Waals surface area (Å²) >= 11 is 0. The third kappa shape index (κ3) is 8.70. The zero-order valence-electron chi connectivity index (χ0n) is 8.77. The summed E-state index contributed by atoms with van der Waals surface area (Å²) in [5.74, 6) is -2.46. The number of carboxylic acid groups (broad SMARTS) is 1. The average Bonchev–Trinajstić information content (AvgIpc) is 2.20. The lowest BCUT2D eigenvalue weighted by molar-refractivity contribution is -0.131. The largest absolute Gasteiger partial charge is 0.478 e. The maximum Gasteiger partial charge on any atom is 0.328 e. The van der Waals surface area contributed by atoms with E-state index in [4.69, 9.17) is 10.2 Å². The first kappa shape index (κ1) is 14.1. The summed E-state index contributed by atoms with van der Waals surface area (Å²) in [6.07, 6.45) is 1.19. The third-order valence-corrected chi connectivity index (χ3v) is 1.49. The van der Waals surface area contributed by atoms with Crippen molar-refractivity contribution in [3.63, 3.8) is 0 Å². The Hall–Kier alpha value is -1.89. The molecule has 7 nitrogen and oxygen atoms in total. The molecule has 1 unspecified atom stereocenters. The molecular weight excluding hydrogens is 216 g/mol. The number of aliphatic carboxylic acids is 1. The molecule has 0 aromatic carbocycles. The van der Waals surface area contributed by atoms with E-state index in [2.05, 4.69) is 5.43 Å². The average molecular weight is 230 g/mol. The van der Waals surface area contributed by atoms with Gasteiger partial charge in [-0.2, -0.15) is 0 Å². The van der Waals surface area contributed by atoms with Crippen molar-refractivity contribution in [1.29, 1.82) is 0 Å². The molecule has 0 spiro atoms. The fraction of sp³-hybridized carbons (Fsp3) is 0.444. The van der Waals surface area contributed by atoms with Gasteiger partial charge in [0.2, 0.25) is 5.91 Å². The normalized spacial score (nSPS) is 12.1. The molecule has 1 atom stereocenters. The van der Waals surface area contributed by atoms with E-state index in [1.807, 2.05) is 5.43 Å². The molecule has 0 aromatic heterocycles. The van der Waals surface area contributed by atoms with Crippen molar-refractivity contribution >= 4 is 17.8 Å². The van der Waals surface area contributed by atoms with Crippen LogP contribution in [0.4, 0.5) is 0 Å². The molecule has 0 fully saturated rings. The molecule has 16 heavy (non-hydrogen) atoms. The van der Waals surface area contributed by atoms with Crippen LogP contribution in [-0.2, 0) is 14.4 Å². The Morgan fingerprint density at radius 1 is 1.25 bits per heavy atom. The second-order valence-electron chi connectivity index (χ2n) is 3.10. The molecule has 2 amide bonds. The predicted molar refractivity (Wildman–Crippen MR) is 54.0 cm³/mol. The first-order valence-corrected chi connectivity index (χ1v) is 4.59. The first-order valence-electron chi connectivity index (χ1n) is 4.59. The van der Waals surface area contributed by atoms with Crippen molar-refractivity contribution in [2.45, 2.75) is 25.9 Å². The van der Waals surface area contributed by atoms with Gasteiger partial charge < -0.3 is 10.2 Å². The monoisotopic (exact) mass is 230 g/mol. The molecule has 7 heteroatoms. The molecule has 0 aliphatic heterocycles. The highest BCUT2D eigenvalue weighted by Crippen LogP contribution is 1.94. The number of hydrogen-bond donors (Lipinski definition) is 4. The van der Waals surface area contributed by atoms with Gasteiger partial charge in [0, 0.05) is 18.6 Å². The summed E-state index contributed by atoms with van der Waals surface area (Å²) in [6, 6.07) is 0. The maximum absolute atomic E-state index is 11.0. The molecule has 0 saturated carbocycles. The Labute approximate surface area is 92.1 Å². The maximum atomic E-state index is 11.0. The number of rotatable bonds is 5. The lowest BCUT2D eigenvalue weighted by Crippen LogP contribution is -2.40. The number of amides is 2. The van der Waals surface area contributed by atoms with E-state index >= 15 is 0 Å². The highest BCUT2D eigenvalue weighted by atomic mass is 16.4. The van der Waals surface area contributed by atoms with Gasteiger partial charge in [0.25, 0.3) is 5.91 Å². The van der Waals surface area contributed by atoms with Gasteiger partial charge in [0.1, 0.15) is 0 Å². The highest BCUT2D eigenvalue weighted by molar-refractivity contribution is 5.94. The van der Waals surface area contributed by atoms with E-state index in [1.165, 1.54) is 0 Å². The number of aliphatic hydroxyl groups excluding tert-OH is 1. The lowest BCUT2D eigenvalue weighted by atomic mass is 10.2. The third-order valence-electron chi connectivity index (χ3n) is 1.49. The molecular formula is C9H14N2O5. The molecule has 0 aliphatic carbocycles. The quantitative estimate of drug-likeness (QED) is 0.355.